The van der Waals surface area contributed by atoms with Gasteiger partial charge in [-0.15, -0.1) is 5.10 Å². The zero-order valence-corrected chi connectivity index (χ0v) is 23.8. The van der Waals surface area contributed by atoms with E-state index in [1.165, 1.54) is 0 Å². The molecule has 2 N–H and O–H groups in total. The zero-order chi connectivity index (χ0) is 30.8. The zero-order valence-electron chi connectivity index (χ0n) is 23.8. The van der Waals surface area contributed by atoms with Crippen LogP contribution < -0.4 is 21.3 Å². The van der Waals surface area contributed by atoms with E-state index in [2.05, 4.69) is 10.4 Å². The smallest absolute Gasteiger partial charge is 0.389 e. The molecule has 1 aromatic heterocycles. The number of ether oxygens (including phenoxy) is 1. The summed E-state index contributed by atoms with van der Waals surface area (Å²) in [6, 6.07) is 16.1. The van der Waals surface area contributed by atoms with Crippen LogP contribution >= 0.6 is 0 Å². The molecule has 0 amide bonds. The third-order valence-corrected chi connectivity index (χ3v) is 6.74. The molecule has 1 heterocycles. The number of benzene rings is 2. The number of hydrogen-bond donors (Lipinski definition) is 2. The highest BCUT2D eigenvalue weighted by Crippen LogP contribution is 2.25. The molecule has 3 rings (SSSR count). The Labute approximate surface area is 242 Å². The molecule has 12 heteroatoms. The summed E-state index contributed by atoms with van der Waals surface area (Å²) in [6.07, 6.45) is -2.73. The number of halogens is 3. The maximum atomic E-state index is 13.1. The summed E-state index contributed by atoms with van der Waals surface area (Å²) in [5.74, 6) is -0.652. The molecular formula is C30H37F3N4O5. The van der Waals surface area contributed by atoms with Gasteiger partial charge in [0.2, 0.25) is 11.4 Å². The lowest BCUT2D eigenvalue weighted by Crippen LogP contribution is -2.43. The van der Waals surface area contributed by atoms with Crippen LogP contribution in [0, 0.1) is 0 Å². The number of carbonyl (C=O) groups is 1. The van der Waals surface area contributed by atoms with Gasteiger partial charge >= 0.3 is 17.8 Å². The largest absolute Gasteiger partial charge is 0.478 e. The van der Waals surface area contributed by atoms with Crippen LogP contribution in [0.15, 0.2) is 64.2 Å². The Morgan fingerprint density at radius 2 is 1.71 bits per heavy atom. The van der Waals surface area contributed by atoms with E-state index in [0.717, 1.165) is 14.8 Å². The van der Waals surface area contributed by atoms with E-state index in [4.69, 9.17) is 4.74 Å². The lowest BCUT2D eigenvalue weighted by atomic mass is 10.0. The fraction of sp³-hybridized carbons (Fsp3) is 0.467. The number of nitrogens with zero attached hydrogens (tertiary/aromatic N) is 3. The predicted molar refractivity (Wildman–Crippen MR) is 153 cm³/mol. The molecular weight excluding hydrogens is 553 g/mol. The van der Waals surface area contributed by atoms with Gasteiger partial charge in [0.15, 0.2) is 0 Å². The molecule has 0 aliphatic rings. The lowest BCUT2D eigenvalue weighted by Gasteiger charge is -2.26. The minimum atomic E-state index is -4.36. The second-order valence-electron chi connectivity index (χ2n) is 10.4. The minimum Gasteiger partial charge on any atom is -0.478 e. The summed E-state index contributed by atoms with van der Waals surface area (Å²) in [6.45, 7) is 3.48. The Morgan fingerprint density at radius 1 is 1.00 bits per heavy atom. The van der Waals surface area contributed by atoms with Crippen LogP contribution in [0.25, 0.3) is 0 Å². The van der Waals surface area contributed by atoms with Gasteiger partial charge in [-0.05, 0) is 62.3 Å². The second-order valence-corrected chi connectivity index (χ2v) is 10.4. The standard InChI is InChI=1S/C30H37F3N4O5/c1-3-16-29(2,27(39)40)42-24-15-9-14-22(20-24)11-7-8-18-34-25-26(38)36(21-23-12-5-4-6-13-23)28(41)37(35-25)19-10-17-30(31,32)33/h4-6,9,12-15,20H,3,7-8,10-11,16-19,21H2,1-2H3,(H,34,35)(H,39,40). The van der Waals surface area contributed by atoms with E-state index in [0.29, 0.717) is 50.0 Å². The van der Waals surface area contributed by atoms with Gasteiger partial charge in [-0.3, -0.25) is 9.36 Å². The van der Waals surface area contributed by atoms with Crippen molar-refractivity contribution >= 4 is 11.8 Å². The van der Waals surface area contributed by atoms with Crippen molar-refractivity contribution in [1.29, 1.82) is 0 Å². The molecule has 1 unspecified atom stereocenters. The number of rotatable bonds is 16. The van der Waals surface area contributed by atoms with Crippen LogP contribution in [0.4, 0.5) is 19.0 Å². The quantitative estimate of drug-likeness (QED) is 0.219. The first-order chi connectivity index (χ1) is 19.9. The first kappa shape index (κ1) is 32.4. The molecule has 0 aliphatic carbocycles. The SMILES string of the molecule is CCCC(C)(Oc1cccc(CCCCNc2nn(CCCC(F)(F)F)c(=O)n(Cc3ccccc3)c2=O)c1)C(=O)O. The number of nitrogens with one attached hydrogen (secondary N) is 1. The van der Waals surface area contributed by atoms with Gasteiger partial charge in [0, 0.05) is 19.5 Å². The van der Waals surface area contributed by atoms with Crippen LogP contribution in [-0.4, -0.2) is 43.7 Å². The number of carboxylic acids is 1. The number of aryl methyl sites for hydroxylation is 2. The summed E-state index contributed by atoms with van der Waals surface area (Å²) in [4.78, 5) is 37.7. The highest BCUT2D eigenvalue weighted by Gasteiger charge is 2.34. The van der Waals surface area contributed by atoms with E-state index < -0.39 is 35.4 Å². The van der Waals surface area contributed by atoms with Gasteiger partial charge in [0.1, 0.15) is 5.75 Å². The average molecular weight is 591 g/mol. The molecule has 1 atom stereocenters. The van der Waals surface area contributed by atoms with Crippen LogP contribution in [-0.2, 0) is 24.3 Å². The summed E-state index contributed by atoms with van der Waals surface area (Å²) < 4.78 is 45.8. The second kappa shape index (κ2) is 14.7. The molecule has 0 fully saturated rings. The van der Waals surface area contributed by atoms with E-state index in [9.17, 15) is 32.7 Å². The van der Waals surface area contributed by atoms with E-state index >= 15 is 0 Å². The van der Waals surface area contributed by atoms with Crippen LogP contribution in [0.1, 0.15) is 63.5 Å². The Hall–Kier alpha value is -4.09. The number of hydrogen-bond acceptors (Lipinski definition) is 6. The van der Waals surface area contributed by atoms with Crippen molar-refractivity contribution in [3.8, 4) is 5.75 Å². The van der Waals surface area contributed by atoms with Crippen LogP contribution in [0.5, 0.6) is 5.75 Å². The number of aromatic nitrogens is 3. The molecule has 0 radical (unpaired) electrons. The third kappa shape index (κ3) is 9.49. The topological polar surface area (TPSA) is 115 Å². The highest BCUT2D eigenvalue weighted by atomic mass is 19.4. The Morgan fingerprint density at radius 3 is 2.38 bits per heavy atom. The predicted octanol–water partition coefficient (Wildman–Crippen LogP) is 5.25. The molecule has 42 heavy (non-hydrogen) atoms. The molecule has 0 spiro atoms. The van der Waals surface area contributed by atoms with Crippen molar-refractivity contribution < 1.29 is 27.8 Å². The number of carboxylic acid groups (broad SMARTS) is 1. The summed E-state index contributed by atoms with van der Waals surface area (Å²) in [5.41, 5.74) is -1.08. The van der Waals surface area contributed by atoms with Gasteiger partial charge in [-0.1, -0.05) is 55.8 Å². The van der Waals surface area contributed by atoms with Gasteiger partial charge < -0.3 is 15.2 Å². The van der Waals surface area contributed by atoms with E-state index in [1.807, 2.05) is 19.1 Å². The maximum Gasteiger partial charge on any atom is 0.389 e. The number of aliphatic carboxylic acids is 1. The van der Waals surface area contributed by atoms with Crippen molar-refractivity contribution in [2.45, 2.75) is 83.7 Å². The maximum absolute atomic E-state index is 13.1. The normalized spacial score (nSPS) is 13.0. The van der Waals surface area contributed by atoms with Crippen molar-refractivity contribution in [2.75, 3.05) is 11.9 Å². The molecule has 0 aliphatic heterocycles. The average Bonchev–Trinajstić information content (AvgIpc) is 2.93. The van der Waals surface area contributed by atoms with E-state index in [-0.39, 0.29) is 25.3 Å². The van der Waals surface area contributed by atoms with Crippen LogP contribution in [0.3, 0.4) is 0 Å². The fourth-order valence-corrected chi connectivity index (χ4v) is 4.52. The molecule has 2 aromatic carbocycles. The fourth-order valence-electron chi connectivity index (χ4n) is 4.52. The van der Waals surface area contributed by atoms with Gasteiger partial charge in [0.05, 0.1) is 6.54 Å². The molecule has 9 nitrogen and oxygen atoms in total. The van der Waals surface area contributed by atoms with Crippen molar-refractivity contribution in [3.05, 3.63) is 86.6 Å². The Balaban J connectivity index is 1.66. The van der Waals surface area contributed by atoms with Gasteiger partial charge in [0.25, 0.3) is 5.56 Å². The number of unbranched alkanes of at least 4 members (excludes halogenated alkanes) is 1. The Bertz CT molecular complexity index is 1440. The summed E-state index contributed by atoms with van der Waals surface area (Å²) in [5, 5.41) is 16.6. The van der Waals surface area contributed by atoms with Crippen LogP contribution in [0.2, 0.25) is 0 Å². The van der Waals surface area contributed by atoms with E-state index in [1.54, 1.807) is 49.4 Å². The van der Waals surface area contributed by atoms with Gasteiger partial charge in [-0.2, -0.15) is 13.2 Å². The monoisotopic (exact) mass is 590 g/mol. The number of alkyl halides is 3. The lowest BCUT2D eigenvalue weighted by molar-refractivity contribution is -0.154. The molecule has 0 bridgehead atoms. The van der Waals surface area contributed by atoms with Crippen molar-refractivity contribution in [2.24, 2.45) is 0 Å². The summed E-state index contributed by atoms with van der Waals surface area (Å²) in [7, 11) is 0. The highest BCUT2D eigenvalue weighted by molar-refractivity contribution is 5.77. The summed E-state index contributed by atoms with van der Waals surface area (Å²) >= 11 is 0. The molecule has 228 valence electrons. The van der Waals surface area contributed by atoms with Crippen molar-refractivity contribution in [1.82, 2.24) is 14.3 Å². The Kier molecular flexibility index (Phi) is 11.3. The first-order valence-electron chi connectivity index (χ1n) is 14.0. The number of anilines is 1. The molecule has 0 saturated carbocycles. The minimum absolute atomic E-state index is 0.0351. The first-order valence-corrected chi connectivity index (χ1v) is 14.0. The van der Waals surface area contributed by atoms with Gasteiger partial charge in [-0.25, -0.2) is 14.3 Å². The third-order valence-electron chi connectivity index (χ3n) is 6.74. The van der Waals surface area contributed by atoms with Crippen molar-refractivity contribution in [3.63, 3.8) is 0 Å². The molecule has 0 saturated heterocycles. The molecule has 3 aromatic rings.